The van der Waals surface area contributed by atoms with Crippen LogP contribution in [0.4, 0.5) is 0 Å². The second-order valence-corrected chi connectivity index (χ2v) is 5.27. The van der Waals surface area contributed by atoms with Gasteiger partial charge in [-0.15, -0.1) is 0 Å². The van der Waals surface area contributed by atoms with Gasteiger partial charge in [-0.3, -0.25) is 0 Å². The standard InChI is InChI=1S/C15H21N3/c1-3-4-15-17-13-9-11(12-7-8-16-10-12)5-6-14(13)18(15)2/h5-6,9,12,16H,3-4,7-8,10H2,1-2H3. The molecule has 0 spiro atoms. The Balaban J connectivity index is 2.01. The van der Waals surface area contributed by atoms with Gasteiger partial charge >= 0.3 is 0 Å². The smallest absolute Gasteiger partial charge is 0.109 e. The summed E-state index contributed by atoms with van der Waals surface area (Å²) in [5.74, 6) is 1.88. The summed E-state index contributed by atoms with van der Waals surface area (Å²) in [5.41, 5.74) is 3.85. The van der Waals surface area contributed by atoms with Gasteiger partial charge in [-0.2, -0.15) is 0 Å². The average molecular weight is 243 g/mol. The molecule has 2 aromatic rings. The van der Waals surface area contributed by atoms with Crippen LogP contribution < -0.4 is 5.32 Å². The largest absolute Gasteiger partial charge is 0.331 e. The molecule has 1 fully saturated rings. The molecule has 2 heterocycles. The number of nitrogens with zero attached hydrogens (tertiary/aromatic N) is 2. The van der Waals surface area contributed by atoms with Crippen molar-refractivity contribution in [3.63, 3.8) is 0 Å². The van der Waals surface area contributed by atoms with Gasteiger partial charge in [0, 0.05) is 20.0 Å². The molecule has 1 saturated heterocycles. The average Bonchev–Trinajstić information content (AvgIpc) is 2.99. The van der Waals surface area contributed by atoms with E-state index in [-0.39, 0.29) is 0 Å². The molecular weight excluding hydrogens is 222 g/mol. The monoisotopic (exact) mass is 243 g/mol. The zero-order valence-corrected chi connectivity index (χ0v) is 11.2. The number of hydrogen-bond acceptors (Lipinski definition) is 2. The lowest BCUT2D eigenvalue weighted by molar-refractivity contribution is 0.764. The molecule has 1 unspecified atom stereocenters. The van der Waals surface area contributed by atoms with E-state index in [1.165, 1.54) is 23.3 Å². The van der Waals surface area contributed by atoms with Gasteiger partial charge in [-0.05, 0) is 43.0 Å². The Kier molecular flexibility index (Phi) is 3.08. The van der Waals surface area contributed by atoms with Crippen LogP contribution in [0.25, 0.3) is 11.0 Å². The summed E-state index contributed by atoms with van der Waals surface area (Å²) >= 11 is 0. The molecule has 1 aliphatic rings. The van der Waals surface area contributed by atoms with Crippen molar-refractivity contribution in [2.45, 2.75) is 32.1 Å². The van der Waals surface area contributed by atoms with Crippen molar-refractivity contribution < 1.29 is 0 Å². The molecule has 0 amide bonds. The molecule has 1 aromatic heterocycles. The lowest BCUT2D eigenvalue weighted by atomic mass is 9.98. The molecule has 96 valence electrons. The highest BCUT2D eigenvalue weighted by Gasteiger charge is 2.17. The van der Waals surface area contributed by atoms with Crippen molar-refractivity contribution in [1.29, 1.82) is 0 Å². The van der Waals surface area contributed by atoms with E-state index in [2.05, 4.69) is 42.1 Å². The molecule has 0 bridgehead atoms. The van der Waals surface area contributed by atoms with Crippen LogP contribution in [-0.4, -0.2) is 22.6 Å². The number of aryl methyl sites for hydroxylation is 2. The molecule has 3 nitrogen and oxygen atoms in total. The van der Waals surface area contributed by atoms with Crippen LogP contribution >= 0.6 is 0 Å². The molecule has 3 heteroatoms. The Morgan fingerprint density at radius 2 is 2.33 bits per heavy atom. The molecule has 0 aliphatic carbocycles. The third kappa shape index (κ3) is 1.93. The number of imidazole rings is 1. The fourth-order valence-corrected chi connectivity index (χ4v) is 2.91. The number of hydrogen-bond donors (Lipinski definition) is 1. The summed E-state index contributed by atoms with van der Waals surface area (Å²) in [4.78, 5) is 4.78. The van der Waals surface area contributed by atoms with Crippen LogP contribution in [0.15, 0.2) is 18.2 Å². The van der Waals surface area contributed by atoms with Crippen molar-refractivity contribution in [2.75, 3.05) is 13.1 Å². The second kappa shape index (κ2) is 4.73. The first-order valence-electron chi connectivity index (χ1n) is 6.95. The molecule has 18 heavy (non-hydrogen) atoms. The van der Waals surface area contributed by atoms with Crippen LogP contribution in [-0.2, 0) is 13.5 Å². The highest BCUT2D eigenvalue weighted by molar-refractivity contribution is 5.77. The van der Waals surface area contributed by atoms with Gasteiger partial charge in [0.2, 0.25) is 0 Å². The predicted molar refractivity (Wildman–Crippen MR) is 74.9 cm³/mol. The van der Waals surface area contributed by atoms with Crippen molar-refractivity contribution in [3.05, 3.63) is 29.6 Å². The molecule has 3 rings (SSSR count). The summed E-state index contributed by atoms with van der Waals surface area (Å²) in [6.45, 7) is 4.46. The van der Waals surface area contributed by atoms with Crippen molar-refractivity contribution in [1.82, 2.24) is 14.9 Å². The number of nitrogens with one attached hydrogen (secondary N) is 1. The van der Waals surface area contributed by atoms with Crippen LogP contribution in [0, 0.1) is 0 Å². The number of rotatable bonds is 3. The maximum atomic E-state index is 4.78. The summed E-state index contributed by atoms with van der Waals surface area (Å²) in [6.07, 6.45) is 3.46. The van der Waals surface area contributed by atoms with E-state index < -0.39 is 0 Å². The lowest BCUT2D eigenvalue weighted by Gasteiger charge is -2.08. The van der Waals surface area contributed by atoms with Crippen LogP contribution in [0.3, 0.4) is 0 Å². The van der Waals surface area contributed by atoms with E-state index in [1.54, 1.807) is 0 Å². The van der Waals surface area contributed by atoms with E-state index in [0.29, 0.717) is 5.92 Å². The third-order valence-corrected chi connectivity index (χ3v) is 4.00. The highest BCUT2D eigenvalue weighted by Crippen LogP contribution is 2.26. The third-order valence-electron chi connectivity index (χ3n) is 4.00. The maximum absolute atomic E-state index is 4.78. The first-order valence-corrected chi connectivity index (χ1v) is 6.95. The minimum atomic E-state index is 0.672. The minimum absolute atomic E-state index is 0.672. The van der Waals surface area contributed by atoms with Gasteiger partial charge in [0.1, 0.15) is 5.82 Å². The zero-order valence-electron chi connectivity index (χ0n) is 11.2. The molecule has 0 radical (unpaired) electrons. The summed E-state index contributed by atoms with van der Waals surface area (Å²) in [7, 11) is 2.12. The van der Waals surface area contributed by atoms with Gasteiger partial charge in [0.15, 0.2) is 0 Å². The van der Waals surface area contributed by atoms with Gasteiger partial charge in [-0.25, -0.2) is 4.98 Å². The van der Waals surface area contributed by atoms with Crippen LogP contribution in [0.5, 0.6) is 0 Å². The Labute approximate surface area is 108 Å². The van der Waals surface area contributed by atoms with Crippen LogP contribution in [0.1, 0.15) is 37.1 Å². The van der Waals surface area contributed by atoms with Gasteiger partial charge in [-0.1, -0.05) is 13.0 Å². The van der Waals surface area contributed by atoms with E-state index >= 15 is 0 Å². The summed E-state index contributed by atoms with van der Waals surface area (Å²) in [5, 5.41) is 3.43. The Morgan fingerprint density at radius 1 is 1.44 bits per heavy atom. The van der Waals surface area contributed by atoms with Crippen LogP contribution in [0.2, 0.25) is 0 Å². The molecule has 1 N–H and O–H groups in total. The Bertz CT molecular complexity index is 550. The molecule has 1 aliphatic heterocycles. The number of aromatic nitrogens is 2. The minimum Gasteiger partial charge on any atom is -0.331 e. The van der Waals surface area contributed by atoms with E-state index in [9.17, 15) is 0 Å². The lowest BCUT2D eigenvalue weighted by Crippen LogP contribution is -2.07. The van der Waals surface area contributed by atoms with Crippen molar-refractivity contribution in [3.8, 4) is 0 Å². The van der Waals surface area contributed by atoms with Crippen molar-refractivity contribution in [2.24, 2.45) is 7.05 Å². The first kappa shape index (κ1) is 11.7. The zero-order chi connectivity index (χ0) is 12.5. The molecule has 0 saturated carbocycles. The maximum Gasteiger partial charge on any atom is 0.109 e. The quantitative estimate of drug-likeness (QED) is 0.898. The second-order valence-electron chi connectivity index (χ2n) is 5.27. The van der Waals surface area contributed by atoms with Gasteiger partial charge in [0.05, 0.1) is 11.0 Å². The summed E-state index contributed by atoms with van der Waals surface area (Å²) < 4.78 is 2.23. The predicted octanol–water partition coefficient (Wildman–Crippen LogP) is 2.60. The molecule has 1 aromatic carbocycles. The molecular formula is C15H21N3. The fourth-order valence-electron chi connectivity index (χ4n) is 2.91. The SMILES string of the molecule is CCCc1nc2cc(C3CCNC3)ccc2n1C. The van der Waals surface area contributed by atoms with E-state index in [1.807, 2.05) is 0 Å². The summed E-state index contributed by atoms with van der Waals surface area (Å²) in [6, 6.07) is 6.79. The normalized spacial score (nSPS) is 19.8. The molecule has 1 atom stereocenters. The van der Waals surface area contributed by atoms with E-state index in [4.69, 9.17) is 4.98 Å². The van der Waals surface area contributed by atoms with Gasteiger partial charge in [0.25, 0.3) is 0 Å². The van der Waals surface area contributed by atoms with Gasteiger partial charge < -0.3 is 9.88 Å². The Hall–Kier alpha value is -1.35. The topological polar surface area (TPSA) is 29.9 Å². The fraction of sp³-hybridized carbons (Fsp3) is 0.533. The number of fused-ring (bicyclic) bond motifs is 1. The number of benzene rings is 1. The highest BCUT2D eigenvalue weighted by atomic mass is 15.1. The first-order chi connectivity index (χ1) is 8.79. The van der Waals surface area contributed by atoms with E-state index in [0.717, 1.165) is 31.4 Å². The Morgan fingerprint density at radius 3 is 3.06 bits per heavy atom. The van der Waals surface area contributed by atoms with Crippen molar-refractivity contribution >= 4 is 11.0 Å².